The smallest absolute Gasteiger partial charge is 0.262 e. The first-order valence-electron chi connectivity index (χ1n) is 10.6. The summed E-state index contributed by atoms with van der Waals surface area (Å²) in [6.45, 7) is 0.513. The molecule has 0 spiro atoms. The molecule has 4 rings (SSSR count). The molecule has 0 aromatic heterocycles. The Kier molecular flexibility index (Phi) is 6.07. The number of carbonyl (C=O) groups is 3. The Labute approximate surface area is 176 Å². The van der Waals surface area contributed by atoms with Crippen LogP contribution < -0.4 is 5.32 Å². The summed E-state index contributed by atoms with van der Waals surface area (Å²) in [7, 11) is 0. The van der Waals surface area contributed by atoms with Crippen LogP contribution in [0.4, 0.5) is 0 Å². The Bertz CT molecular complexity index is 946. The van der Waals surface area contributed by atoms with Crippen molar-refractivity contribution in [3.05, 3.63) is 82.9 Å². The maximum atomic E-state index is 13.1. The number of hydrogen-bond donors (Lipinski definition) is 1. The van der Waals surface area contributed by atoms with Crippen LogP contribution in [0.5, 0.6) is 0 Å². The van der Waals surface area contributed by atoms with Gasteiger partial charge in [-0.3, -0.25) is 19.3 Å². The lowest BCUT2D eigenvalue weighted by Gasteiger charge is -2.26. The first kappa shape index (κ1) is 20.1. The molecule has 3 amide bonds. The van der Waals surface area contributed by atoms with Gasteiger partial charge in [0.25, 0.3) is 11.8 Å². The van der Waals surface area contributed by atoms with Crippen LogP contribution >= 0.6 is 0 Å². The van der Waals surface area contributed by atoms with E-state index in [9.17, 15) is 14.4 Å². The summed E-state index contributed by atoms with van der Waals surface area (Å²) in [4.78, 5) is 40.2. The topological polar surface area (TPSA) is 66.5 Å². The molecule has 5 nitrogen and oxygen atoms in total. The summed E-state index contributed by atoms with van der Waals surface area (Å²) in [5, 5.41) is 2.97. The average molecular weight is 402 g/mol. The van der Waals surface area contributed by atoms with Crippen molar-refractivity contribution in [3.63, 3.8) is 0 Å². The molecule has 1 aliphatic carbocycles. The van der Waals surface area contributed by atoms with Crippen molar-refractivity contribution in [3.8, 4) is 0 Å². The number of nitrogens with zero attached hydrogens (tertiary/aromatic N) is 1. The fourth-order valence-electron chi connectivity index (χ4n) is 4.23. The van der Waals surface area contributed by atoms with Crippen LogP contribution in [0.15, 0.2) is 66.2 Å². The lowest BCUT2D eigenvalue weighted by atomic mass is 9.97. The number of allylic oxidation sites excluding steroid dienone is 1. The van der Waals surface area contributed by atoms with E-state index >= 15 is 0 Å². The molecule has 1 atom stereocenters. The van der Waals surface area contributed by atoms with Crippen molar-refractivity contribution in [2.75, 3.05) is 6.54 Å². The summed E-state index contributed by atoms with van der Waals surface area (Å²) in [6, 6.07) is 15.4. The van der Waals surface area contributed by atoms with Crippen molar-refractivity contribution in [1.82, 2.24) is 10.2 Å². The summed E-state index contributed by atoms with van der Waals surface area (Å²) in [5.41, 5.74) is 3.01. The van der Waals surface area contributed by atoms with Gasteiger partial charge in [-0.05, 0) is 49.8 Å². The lowest BCUT2D eigenvalue weighted by molar-refractivity contribution is -0.125. The van der Waals surface area contributed by atoms with Gasteiger partial charge in [0.05, 0.1) is 11.1 Å². The van der Waals surface area contributed by atoms with Crippen molar-refractivity contribution >= 4 is 17.7 Å². The van der Waals surface area contributed by atoms with E-state index in [0.29, 0.717) is 24.1 Å². The summed E-state index contributed by atoms with van der Waals surface area (Å²) < 4.78 is 0. The Hall–Kier alpha value is -3.21. The minimum Gasteiger partial charge on any atom is -0.354 e. The Morgan fingerprint density at radius 3 is 2.23 bits per heavy atom. The average Bonchev–Trinajstić information content (AvgIpc) is 3.04. The molecule has 30 heavy (non-hydrogen) atoms. The molecular weight excluding hydrogens is 376 g/mol. The number of carbonyl (C=O) groups excluding carboxylic acids is 3. The first-order valence-corrected chi connectivity index (χ1v) is 10.6. The number of imide groups is 1. The molecule has 2 aromatic rings. The van der Waals surface area contributed by atoms with Gasteiger partial charge in [-0.1, -0.05) is 54.1 Å². The van der Waals surface area contributed by atoms with Crippen LogP contribution in [0.1, 0.15) is 58.4 Å². The van der Waals surface area contributed by atoms with Gasteiger partial charge in [-0.25, -0.2) is 0 Å². The molecule has 0 radical (unpaired) electrons. The molecule has 2 aliphatic rings. The molecule has 0 saturated carbocycles. The number of fused-ring (bicyclic) bond motifs is 1. The van der Waals surface area contributed by atoms with Gasteiger partial charge in [-0.2, -0.15) is 0 Å². The van der Waals surface area contributed by atoms with E-state index in [1.807, 2.05) is 30.3 Å². The van der Waals surface area contributed by atoms with E-state index < -0.39 is 17.9 Å². The molecule has 2 aromatic carbocycles. The fraction of sp³-hybridized carbons (Fsp3) is 0.320. The van der Waals surface area contributed by atoms with E-state index in [1.165, 1.54) is 18.4 Å². The van der Waals surface area contributed by atoms with Crippen LogP contribution in [-0.2, 0) is 11.2 Å². The highest BCUT2D eigenvalue weighted by atomic mass is 16.2. The molecule has 154 valence electrons. The van der Waals surface area contributed by atoms with Gasteiger partial charge >= 0.3 is 0 Å². The molecule has 1 N–H and O–H groups in total. The zero-order chi connectivity index (χ0) is 20.9. The molecule has 1 heterocycles. The van der Waals surface area contributed by atoms with Gasteiger partial charge in [-0.15, -0.1) is 0 Å². The largest absolute Gasteiger partial charge is 0.354 e. The van der Waals surface area contributed by atoms with Crippen molar-refractivity contribution in [1.29, 1.82) is 0 Å². The number of rotatable bonds is 7. The third-order valence-electron chi connectivity index (χ3n) is 5.84. The number of benzene rings is 2. The normalized spacial score (nSPS) is 16.8. The minimum atomic E-state index is -0.875. The molecule has 0 bridgehead atoms. The van der Waals surface area contributed by atoms with Gasteiger partial charge in [0.2, 0.25) is 5.91 Å². The van der Waals surface area contributed by atoms with E-state index in [4.69, 9.17) is 0 Å². The van der Waals surface area contributed by atoms with Crippen molar-refractivity contribution in [2.24, 2.45) is 0 Å². The maximum Gasteiger partial charge on any atom is 0.262 e. The van der Waals surface area contributed by atoms with E-state index in [-0.39, 0.29) is 5.91 Å². The molecular formula is C25H26N2O3. The van der Waals surface area contributed by atoms with Gasteiger partial charge < -0.3 is 5.32 Å². The number of nitrogens with one attached hydrogen (secondary N) is 1. The third-order valence-corrected chi connectivity index (χ3v) is 5.84. The van der Waals surface area contributed by atoms with Gasteiger partial charge in [0.15, 0.2) is 0 Å². The third kappa shape index (κ3) is 4.20. The van der Waals surface area contributed by atoms with Crippen LogP contribution in [-0.4, -0.2) is 35.2 Å². The second-order valence-corrected chi connectivity index (χ2v) is 7.88. The molecule has 0 saturated heterocycles. The van der Waals surface area contributed by atoms with Crippen LogP contribution in [0.25, 0.3) is 0 Å². The van der Waals surface area contributed by atoms with Crippen LogP contribution in [0.2, 0.25) is 0 Å². The van der Waals surface area contributed by atoms with Crippen molar-refractivity contribution in [2.45, 2.75) is 44.6 Å². The minimum absolute atomic E-state index is 0.287. The highest BCUT2D eigenvalue weighted by Crippen LogP contribution is 2.26. The molecule has 0 unspecified atom stereocenters. The second kappa shape index (κ2) is 9.08. The predicted molar refractivity (Wildman–Crippen MR) is 115 cm³/mol. The van der Waals surface area contributed by atoms with Crippen LogP contribution in [0.3, 0.4) is 0 Å². The number of amides is 3. The fourth-order valence-corrected chi connectivity index (χ4v) is 4.23. The molecule has 1 aliphatic heterocycles. The summed E-state index contributed by atoms with van der Waals surface area (Å²) >= 11 is 0. The zero-order valence-electron chi connectivity index (χ0n) is 17.0. The Morgan fingerprint density at radius 2 is 1.60 bits per heavy atom. The van der Waals surface area contributed by atoms with E-state index in [0.717, 1.165) is 29.7 Å². The zero-order valence-corrected chi connectivity index (χ0v) is 17.0. The van der Waals surface area contributed by atoms with E-state index in [1.54, 1.807) is 24.3 Å². The van der Waals surface area contributed by atoms with Gasteiger partial charge in [0.1, 0.15) is 6.04 Å². The lowest BCUT2D eigenvalue weighted by Crippen LogP contribution is -2.51. The van der Waals surface area contributed by atoms with Gasteiger partial charge in [0, 0.05) is 13.0 Å². The summed E-state index contributed by atoms with van der Waals surface area (Å²) in [6.07, 6.45) is 7.99. The summed E-state index contributed by atoms with van der Waals surface area (Å²) in [5.74, 6) is -1.09. The highest BCUT2D eigenvalue weighted by molar-refractivity contribution is 6.22. The van der Waals surface area contributed by atoms with Crippen molar-refractivity contribution < 1.29 is 14.4 Å². The molecule has 5 heteroatoms. The monoisotopic (exact) mass is 402 g/mol. The standard InChI is InChI=1S/C25H26N2O3/c28-23(26-16-15-18-9-3-1-4-10-18)22(17-19-11-5-2-6-12-19)27-24(29)20-13-7-8-14-21(20)25(27)30/h2,5-9,11-14,22H,1,3-4,10,15-17H2,(H,26,28)/t22-/m0/s1. The predicted octanol–water partition coefficient (Wildman–Crippen LogP) is 3.90. The Balaban J connectivity index is 1.52. The van der Waals surface area contributed by atoms with E-state index in [2.05, 4.69) is 11.4 Å². The number of hydrogen-bond acceptors (Lipinski definition) is 3. The second-order valence-electron chi connectivity index (χ2n) is 7.88. The molecule has 0 fully saturated rings. The first-order chi connectivity index (χ1) is 14.6. The SMILES string of the molecule is O=C(NCCC1=CCCCC1)[C@H](Cc1ccccc1)N1C(=O)c2ccccc2C1=O. The van der Waals surface area contributed by atoms with Crippen LogP contribution in [0, 0.1) is 0 Å². The Morgan fingerprint density at radius 1 is 0.933 bits per heavy atom. The quantitative estimate of drug-likeness (QED) is 0.564. The highest BCUT2D eigenvalue weighted by Gasteiger charge is 2.42. The maximum absolute atomic E-state index is 13.1.